The summed E-state index contributed by atoms with van der Waals surface area (Å²) in [5, 5.41) is 12.9. The second kappa shape index (κ2) is 8.79. The van der Waals surface area contributed by atoms with Crippen molar-refractivity contribution in [1.29, 1.82) is 0 Å². The van der Waals surface area contributed by atoms with Crippen molar-refractivity contribution in [2.24, 2.45) is 0 Å². The molecule has 30 heavy (non-hydrogen) atoms. The van der Waals surface area contributed by atoms with Gasteiger partial charge in [-0.1, -0.05) is 30.3 Å². The summed E-state index contributed by atoms with van der Waals surface area (Å²) >= 11 is 3.46. The molecule has 8 heteroatoms. The van der Waals surface area contributed by atoms with E-state index in [1.54, 1.807) is 10.9 Å². The quantitative estimate of drug-likeness (QED) is 0.419. The number of nitrogens with one attached hydrogen (secondary N) is 1. The lowest BCUT2D eigenvalue weighted by molar-refractivity contribution is -0.121. The highest BCUT2D eigenvalue weighted by Gasteiger charge is 2.15. The number of halogens is 1. The van der Waals surface area contributed by atoms with Gasteiger partial charge in [-0.05, 0) is 53.4 Å². The zero-order valence-corrected chi connectivity index (χ0v) is 18.6. The Morgan fingerprint density at radius 1 is 1.10 bits per heavy atom. The number of carbonyl (C=O) groups excluding carboxylic acids is 1. The minimum atomic E-state index is -0.0795. The van der Waals surface area contributed by atoms with E-state index in [0.29, 0.717) is 6.54 Å². The van der Waals surface area contributed by atoms with Gasteiger partial charge in [-0.25, -0.2) is 9.67 Å². The zero-order chi connectivity index (χ0) is 21.1. The molecular formula is C22H23BrN6O. The molecule has 1 N–H and O–H groups in total. The van der Waals surface area contributed by atoms with E-state index in [0.717, 1.165) is 51.0 Å². The summed E-state index contributed by atoms with van der Waals surface area (Å²) in [7, 11) is 0. The number of nitrogens with zero attached hydrogens (tertiary/aromatic N) is 5. The van der Waals surface area contributed by atoms with E-state index in [9.17, 15) is 4.79 Å². The number of fused-ring (bicyclic) bond motifs is 1. The highest BCUT2D eigenvalue weighted by molar-refractivity contribution is 9.10. The number of hydrogen-bond donors (Lipinski definition) is 1. The molecule has 0 aliphatic heterocycles. The molecule has 0 aliphatic rings. The molecule has 1 aromatic carbocycles. The lowest BCUT2D eigenvalue weighted by Crippen LogP contribution is -2.29. The van der Waals surface area contributed by atoms with Gasteiger partial charge in [0.05, 0.1) is 15.9 Å². The molecule has 4 aromatic rings. The van der Waals surface area contributed by atoms with Crippen LogP contribution in [0.2, 0.25) is 0 Å². The molecule has 0 aliphatic carbocycles. The number of hydrogen-bond acceptors (Lipinski definition) is 4. The average Bonchev–Trinajstić information content (AvgIpc) is 3.24. The summed E-state index contributed by atoms with van der Waals surface area (Å²) in [5.74, 6) is -0.0795. The van der Waals surface area contributed by atoms with Crippen molar-refractivity contribution in [3.63, 3.8) is 0 Å². The summed E-state index contributed by atoms with van der Waals surface area (Å²) in [6, 6.07) is 12.1. The molecule has 3 aromatic heterocycles. The molecule has 0 unspecified atom stereocenters. The van der Waals surface area contributed by atoms with Gasteiger partial charge >= 0.3 is 0 Å². The maximum atomic E-state index is 12.5. The largest absolute Gasteiger partial charge is 0.354 e. The van der Waals surface area contributed by atoms with Crippen molar-refractivity contribution < 1.29 is 4.79 Å². The van der Waals surface area contributed by atoms with Crippen LogP contribution >= 0.6 is 15.9 Å². The van der Waals surface area contributed by atoms with Gasteiger partial charge in [-0.2, -0.15) is 10.2 Å². The third-order valence-electron chi connectivity index (χ3n) is 4.96. The Kier molecular flexibility index (Phi) is 5.94. The van der Waals surface area contributed by atoms with Gasteiger partial charge in [0.1, 0.15) is 6.54 Å². The topological polar surface area (TPSA) is 77.6 Å². The Bertz CT molecular complexity index is 1160. The first-order valence-corrected chi connectivity index (χ1v) is 10.7. The van der Waals surface area contributed by atoms with E-state index in [-0.39, 0.29) is 12.5 Å². The summed E-state index contributed by atoms with van der Waals surface area (Å²) in [6.45, 7) is 5.38. The van der Waals surface area contributed by atoms with Gasteiger partial charge in [0.25, 0.3) is 0 Å². The minimum Gasteiger partial charge on any atom is -0.354 e. The number of amides is 1. The molecule has 0 saturated heterocycles. The maximum absolute atomic E-state index is 12.5. The highest BCUT2D eigenvalue weighted by atomic mass is 79.9. The van der Waals surface area contributed by atoms with Crippen LogP contribution in [0.4, 0.5) is 0 Å². The predicted octanol–water partition coefficient (Wildman–Crippen LogP) is 3.88. The molecule has 0 spiro atoms. The summed E-state index contributed by atoms with van der Waals surface area (Å²) < 4.78 is 4.56. The summed E-state index contributed by atoms with van der Waals surface area (Å²) in [6.07, 6.45) is 4.52. The number of carbonyl (C=O) groups is 1. The first kappa shape index (κ1) is 20.3. The van der Waals surface area contributed by atoms with Crippen LogP contribution in [0.25, 0.3) is 22.2 Å². The number of benzene rings is 1. The fourth-order valence-corrected chi connectivity index (χ4v) is 3.83. The molecule has 4 rings (SSSR count). The standard InChI is InChI=1S/C22H23BrN6O/c1-15-19(23)13-28(26-15)12-6-10-24-20(30)14-29-22-21(16(2)27-29)18(9-11-25-22)17-7-4-3-5-8-17/h3-5,7-9,11,13H,6,10,12,14H2,1-2H3,(H,24,30). The third-order valence-corrected chi connectivity index (χ3v) is 5.74. The van der Waals surface area contributed by atoms with Crippen molar-refractivity contribution >= 4 is 32.9 Å². The van der Waals surface area contributed by atoms with Crippen LogP contribution in [0.1, 0.15) is 17.8 Å². The third kappa shape index (κ3) is 4.28. The van der Waals surface area contributed by atoms with Crippen LogP contribution in [0, 0.1) is 13.8 Å². The van der Waals surface area contributed by atoms with Crippen molar-refractivity contribution in [2.45, 2.75) is 33.4 Å². The lowest BCUT2D eigenvalue weighted by Gasteiger charge is -2.07. The Morgan fingerprint density at radius 3 is 2.63 bits per heavy atom. The fraction of sp³-hybridized carbons (Fsp3) is 0.273. The monoisotopic (exact) mass is 466 g/mol. The van der Waals surface area contributed by atoms with Crippen molar-refractivity contribution in [2.75, 3.05) is 6.54 Å². The molecule has 0 radical (unpaired) electrons. The maximum Gasteiger partial charge on any atom is 0.241 e. The molecule has 1 amide bonds. The first-order valence-electron chi connectivity index (χ1n) is 9.86. The van der Waals surface area contributed by atoms with E-state index in [1.807, 2.05) is 49.0 Å². The number of pyridine rings is 1. The molecule has 0 saturated carbocycles. The van der Waals surface area contributed by atoms with Crippen LogP contribution in [-0.4, -0.2) is 37.0 Å². The second-order valence-corrected chi connectivity index (χ2v) is 8.05. The van der Waals surface area contributed by atoms with E-state index >= 15 is 0 Å². The van der Waals surface area contributed by atoms with Gasteiger partial charge in [-0.15, -0.1) is 0 Å². The molecule has 0 atom stereocenters. The van der Waals surface area contributed by atoms with E-state index in [4.69, 9.17) is 0 Å². The molecular weight excluding hydrogens is 444 g/mol. The lowest BCUT2D eigenvalue weighted by atomic mass is 10.0. The summed E-state index contributed by atoms with van der Waals surface area (Å²) in [4.78, 5) is 17.0. The van der Waals surface area contributed by atoms with E-state index in [2.05, 4.69) is 48.6 Å². The van der Waals surface area contributed by atoms with Gasteiger partial charge in [0.2, 0.25) is 5.91 Å². The Morgan fingerprint density at radius 2 is 1.90 bits per heavy atom. The van der Waals surface area contributed by atoms with Crippen LogP contribution in [-0.2, 0) is 17.9 Å². The molecule has 154 valence electrons. The fourth-order valence-electron chi connectivity index (χ4n) is 3.52. The smallest absolute Gasteiger partial charge is 0.241 e. The SMILES string of the molecule is Cc1nn(CCCNC(=O)Cn2nc(C)c3c(-c4ccccc4)ccnc32)cc1Br. The number of aryl methyl sites for hydroxylation is 3. The van der Waals surface area contributed by atoms with E-state index < -0.39 is 0 Å². The highest BCUT2D eigenvalue weighted by Crippen LogP contribution is 2.29. The normalized spacial score (nSPS) is 11.2. The zero-order valence-electron chi connectivity index (χ0n) is 17.0. The summed E-state index contributed by atoms with van der Waals surface area (Å²) in [5.41, 5.74) is 4.73. The van der Waals surface area contributed by atoms with Crippen molar-refractivity contribution in [1.82, 2.24) is 29.9 Å². The van der Waals surface area contributed by atoms with Crippen molar-refractivity contribution in [3.8, 4) is 11.1 Å². The second-order valence-electron chi connectivity index (χ2n) is 7.20. The Labute approximate surface area is 183 Å². The predicted molar refractivity (Wildman–Crippen MR) is 120 cm³/mol. The molecule has 0 bridgehead atoms. The molecule has 7 nitrogen and oxygen atoms in total. The van der Waals surface area contributed by atoms with E-state index in [1.165, 1.54) is 0 Å². The molecule has 0 fully saturated rings. The first-order chi connectivity index (χ1) is 14.5. The Hall–Kier alpha value is -3.00. The van der Waals surface area contributed by atoms with Crippen LogP contribution in [0.5, 0.6) is 0 Å². The van der Waals surface area contributed by atoms with Gasteiger partial charge in [0, 0.05) is 30.9 Å². The molecule has 3 heterocycles. The van der Waals surface area contributed by atoms with Gasteiger partial charge in [0.15, 0.2) is 5.65 Å². The van der Waals surface area contributed by atoms with Crippen LogP contribution in [0.3, 0.4) is 0 Å². The van der Waals surface area contributed by atoms with Gasteiger partial charge in [-0.3, -0.25) is 9.48 Å². The van der Waals surface area contributed by atoms with Crippen molar-refractivity contribution in [3.05, 3.63) is 64.7 Å². The minimum absolute atomic E-state index is 0.0795. The average molecular weight is 467 g/mol. The van der Waals surface area contributed by atoms with Crippen LogP contribution < -0.4 is 5.32 Å². The number of rotatable bonds is 7. The van der Waals surface area contributed by atoms with Crippen LogP contribution in [0.15, 0.2) is 53.3 Å². The Balaban J connectivity index is 1.42. The van der Waals surface area contributed by atoms with Gasteiger partial charge < -0.3 is 5.32 Å². The number of aromatic nitrogens is 5.